The fourth-order valence-electron chi connectivity index (χ4n) is 3.09. The normalized spacial score (nSPS) is 18.5. The molecule has 2 aromatic rings. The van der Waals surface area contributed by atoms with Crippen molar-refractivity contribution < 1.29 is 4.39 Å². The van der Waals surface area contributed by atoms with Crippen LogP contribution in [-0.4, -0.2) is 24.5 Å². The first kappa shape index (κ1) is 14.2. The Kier molecular flexibility index (Phi) is 4.32. The van der Waals surface area contributed by atoms with Crippen LogP contribution in [0.5, 0.6) is 0 Å². The lowest BCUT2D eigenvalue weighted by Crippen LogP contribution is -2.45. The second-order valence-electron chi connectivity index (χ2n) is 5.72. The number of nitrogens with one attached hydrogen (secondary N) is 1. The molecule has 0 radical (unpaired) electrons. The van der Waals surface area contributed by atoms with Gasteiger partial charge >= 0.3 is 0 Å². The molecule has 110 valence electrons. The molecular formula is C18H21FN2. The third kappa shape index (κ3) is 3.31. The van der Waals surface area contributed by atoms with Crippen molar-refractivity contribution in [2.24, 2.45) is 0 Å². The summed E-state index contributed by atoms with van der Waals surface area (Å²) in [5.74, 6) is -0.172. The predicted molar refractivity (Wildman–Crippen MR) is 83.5 cm³/mol. The molecule has 0 amide bonds. The number of fused-ring (bicyclic) bond motifs is 1. The highest BCUT2D eigenvalue weighted by Gasteiger charge is 2.25. The van der Waals surface area contributed by atoms with Crippen molar-refractivity contribution in [3.63, 3.8) is 0 Å². The molecule has 3 heteroatoms. The highest BCUT2D eigenvalue weighted by Crippen LogP contribution is 2.24. The molecule has 21 heavy (non-hydrogen) atoms. The van der Waals surface area contributed by atoms with E-state index in [-0.39, 0.29) is 5.82 Å². The van der Waals surface area contributed by atoms with Gasteiger partial charge in [-0.25, -0.2) is 4.39 Å². The predicted octanol–water partition coefficient (Wildman–Crippen LogP) is 2.97. The Morgan fingerprint density at radius 3 is 2.52 bits per heavy atom. The second kappa shape index (κ2) is 6.37. The van der Waals surface area contributed by atoms with Crippen molar-refractivity contribution in [1.29, 1.82) is 0 Å². The van der Waals surface area contributed by atoms with Crippen molar-refractivity contribution >= 4 is 0 Å². The lowest BCUT2D eigenvalue weighted by Gasteiger charge is -2.37. The molecule has 0 saturated carbocycles. The first-order valence-electron chi connectivity index (χ1n) is 7.46. The molecule has 2 aromatic carbocycles. The maximum Gasteiger partial charge on any atom is 0.123 e. The van der Waals surface area contributed by atoms with Crippen LogP contribution in [0.4, 0.5) is 4.39 Å². The summed E-state index contributed by atoms with van der Waals surface area (Å²) in [6, 6.07) is 16.0. The molecule has 0 fully saturated rings. The van der Waals surface area contributed by atoms with Crippen LogP contribution in [0.2, 0.25) is 0 Å². The Morgan fingerprint density at radius 2 is 1.81 bits per heavy atom. The minimum absolute atomic E-state index is 0.172. The zero-order valence-corrected chi connectivity index (χ0v) is 12.3. The van der Waals surface area contributed by atoms with E-state index in [0.717, 1.165) is 31.6 Å². The monoisotopic (exact) mass is 284 g/mol. The van der Waals surface area contributed by atoms with Crippen LogP contribution in [0.3, 0.4) is 0 Å². The van der Waals surface area contributed by atoms with Crippen LogP contribution >= 0.6 is 0 Å². The van der Waals surface area contributed by atoms with Gasteiger partial charge in [-0.3, -0.25) is 4.90 Å². The number of benzene rings is 2. The molecule has 1 unspecified atom stereocenters. The summed E-state index contributed by atoms with van der Waals surface area (Å²) in [6.07, 6.45) is 1.07. The summed E-state index contributed by atoms with van der Waals surface area (Å²) >= 11 is 0. The van der Waals surface area contributed by atoms with Gasteiger partial charge in [0.2, 0.25) is 0 Å². The van der Waals surface area contributed by atoms with Gasteiger partial charge in [0.1, 0.15) is 5.82 Å². The van der Waals surface area contributed by atoms with E-state index < -0.39 is 0 Å². The molecule has 1 N–H and O–H groups in total. The van der Waals surface area contributed by atoms with Gasteiger partial charge in [-0.2, -0.15) is 0 Å². The van der Waals surface area contributed by atoms with E-state index in [1.807, 2.05) is 19.2 Å². The molecule has 0 bridgehead atoms. The van der Waals surface area contributed by atoms with Gasteiger partial charge in [0.15, 0.2) is 0 Å². The van der Waals surface area contributed by atoms with Crippen LogP contribution in [0, 0.1) is 5.82 Å². The quantitative estimate of drug-likeness (QED) is 0.928. The lowest BCUT2D eigenvalue weighted by atomic mass is 9.93. The Labute approximate surface area is 125 Å². The van der Waals surface area contributed by atoms with Crippen LogP contribution in [0.1, 0.15) is 16.7 Å². The average molecular weight is 284 g/mol. The van der Waals surface area contributed by atoms with Crippen LogP contribution in [0.15, 0.2) is 48.5 Å². The first-order chi connectivity index (χ1) is 10.3. The SMILES string of the molecule is CNCC1Cc2ccccc2CN1Cc1ccc(F)cc1. The molecule has 0 spiro atoms. The third-order valence-corrected chi connectivity index (χ3v) is 4.20. The molecule has 1 aliphatic heterocycles. The second-order valence-corrected chi connectivity index (χ2v) is 5.72. The first-order valence-corrected chi connectivity index (χ1v) is 7.46. The van der Waals surface area contributed by atoms with Crippen molar-refractivity contribution in [1.82, 2.24) is 10.2 Å². The number of likely N-dealkylation sites (N-methyl/N-ethyl adjacent to an activating group) is 1. The standard InChI is InChI=1S/C18H21FN2/c1-20-11-18-10-15-4-2-3-5-16(15)13-21(18)12-14-6-8-17(19)9-7-14/h2-9,18,20H,10-13H2,1H3. The highest BCUT2D eigenvalue weighted by molar-refractivity contribution is 5.30. The van der Waals surface area contributed by atoms with E-state index >= 15 is 0 Å². The highest BCUT2D eigenvalue weighted by atomic mass is 19.1. The Bertz CT molecular complexity index is 594. The maximum absolute atomic E-state index is 13.0. The van der Waals surface area contributed by atoms with Crippen LogP contribution in [-0.2, 0) is 19.5 Å². The van der Waals surface area contributed by atoms with Gasteiger partial charge in [-0.1, -0.05) is 36.4 Å². The smallest absolute Gasteiger partial charge is 0.123 e. The Hall–Kier alpha value is -1.71. The van der Waals surface area contributed by atoms with E-state index in [9.17, 15) is 4.39 Å². The summed E-state index contributed by atoms with van der Waals surface area (Å²) in [5.41, 5.74) is 4.02. The van der Waals surface area contributed by atoms with E-state index in [4.69, 9.17) is 0 Å². The van der Waals surface area contributed by atoms with E-state index in [1.54, 1.807) is 12.1 Å². The third-order valence-electron chi connectivity index (χ3n) is 4.20. The van der Waals surface area contributed by atoms with Gasteiger partial charge in [0, 0.05) is 25.7 Å². The molecule has 1 heterocycles. The summed E-state index contributed by atoms with van der Waals surface area (Å²) in [4.78, 5) is 2.48. The Balaban J connectivity index is 1.80. The van der Waals surface area contributed by atoms with Crippen molar-refractivity contribution in [3.05, 3.63) is 71.0 Å². The Morgan fingerprint density at radius 1 is 1.10 bits per heavy atom. The number of rotatable bonds is 4. The number of nitrogens with zero attached hydrogens (tertiary/aromatic N) is 1. The zero-order chi connectivity index (χ0) is 14.7. The molecule has 0 saturated heterocycles. The molecule has 0 aliphatic carbocycles. The lowest BCUT2D eigenvalue weighted by molar-refractivity contribution is 0.161. The molecule has 3 rings (SSSR count). The van der Waals surface area contributed by atoms with Gasteiger partial charge in [-0.05, 0) is 42.3 Å². The summed E-state index contributed by atoms with van der Waals surface area (Å²) in [7, 11) is 2.00. The number of hydrogen-bond donors (Lipinski definition) is 1. The van der Waals surface area contributed by atoms with Gasteiger partial charge in [-0.15, -0.1) is 0 Å². The summed E-state index contributed by atoms with van der Waals surface area (Å²) < 4.78 is 13.0. The van der Waals surface area contributed by atoms with Crippen molar-refractivity contribution in [2.75, 3.05) is 13.6 Å². The van der Waals surface area contributed by atoms with Crippen LogP contribution in [0.25, 0.3) is 0 Å². The number of halogens is 1. The minimum atomic E-state index is -0.172. The topological polar surface area (TPSA) is 15.3 Å². The van der Waals surface area contributed by atoms with Gasteiger partial charge in [0.25, 0.3) is 0 Å². The van der Waals surface area contributed by atoms with E-state index in [1.165, 1.54) is 11.1 Å². The molecule has 0 aromatic heterocycles. The van der Waals surface area contributed by atoms with E-state index in [0.29, 0.717) is 6.04 Å². The molecular weight excluding hydrogens is 263 g/mol. The molecule has 1 aliphatic rings. The zero-order valence-electron chi connectivity index (χ0n) is 12.3. The number of hydrogen-bond acceptors (Lipinski definition) is 2. The molecule has 2 nitrogen and oxygen atoms in total. The largest absolute Gasteiger partial charge is 0.318 e. The fourth-order valence-corrected chi connectivity index (χ4v) is 3.09. The van der Waals surface area contributed by atoms with Crippen molar-refractivity contribution in [3.8, 4) is 0 Å². The van der Waals surface area contributed by atoms with Gasteiger partial charge in [0.05, 0.1) is 0 Å². The maximum atomic E-state index is 13.0. The summed E-state index contributed by atoms with van der Waals surface area (Å²) in [5, 5.41) is 3.29. The van der Waals surface area contributed by atoms with E-state index in [2.05, 4.69) is 34.5 Å². The minimum Gasteiger partial charge on any atom is -0.318 e. The average Bonchev–Trinajstić information content (AvgIpc) is 2.50. The van der Waals surface area contributed by atoms with Crippen molar-refractivity contribution in [2.45, 2.75) is 25.6 Å². The molecule has 1 atom stereocenters. The summed E-state index contributed by atoms with van der Waals surface area (Å²) in [6.45, 7) is 2.79. The van der Waals surface area contributed by atoms with Gasteiger partial charge < -0.3 is 5.32 Å². The van der Waals surface area contributed by atoms with Crippen LogP contribution < -0.4 is 5.32 Å². The fraction of sp³-hybridized carbons (Fsp3) is 0.333.